The van der Waals surface area contributed by atoms with E-state index in [1.807, 2.05) is 23.1 Å². The summed E-state index contributed by atoms with van der Waals surface area (Å²) in [5.74, 6) is 1.27. The summed E-state index contributed by atoms with van der Waals surface area (Å²) in [7, 11) is 0. The van der Waals surface area contributed by atoms with Crippen LogP contribution in [0, 0.1) is 0 Å². The molecular formula is C21H24ClN5O. The van der Waals surface area contributed by atoms with Gasteiger partial charge in [-0.3, -0.25) is 9.69 Å². The number of fused-ring (bicyclic) bond motifs is 3. The van der Waals surface area contributed by atoms with E-state index in [4.69, 9.17) is 16.6 Å². The van der Waals surface area contributed by atoms with E-state index >= 15 is 0 Å². The smallest absolute Gasteiger partial charge is 0.236 e. The molecule has 0 bridgehead atoms. The Balaban J connectivity index is 1.35. The summed E-state index contributed by atoms with van der Waals surface area (Å²) in [6.45, 7) is 5.88. The Labute approximate surface area is 169 Å². The molecule has 0 N–H and O–H groups in total. The molecule has 4 heterocycles. The number of carbonyl (C=O) groups is 1. The maximum absolute atomic E-state index is 12.4. The van der Waals surface area contributed by atoms with Gasteiger partial charge >= 0.3 is 0 Å². The van der Waals surface area contributed by atoms with Gasteiger partial charge in [0.25, 0.3) is 0 Å². The molecule has 146 valence electrons. The molecule has 2 fully saturated rings. The highest BCUT2D eigenvalue weighted by Gasteiger charge is 2.25. The van der Waals surface area contributed by atoms with Gasteiger partial charge in [-0.15, -0.1) is 0 Å². The maximum Gasteiger partial charge on any atom is 0.236 e. The molecule has 6 nitrogen and oxygen atoms in total. The van der Waals surface area contributed by atoms with E-state index in [2.05, 4.69) is 32.5 Å². The number of carbonyl (C=O) groups excluding carboxylic acids is 1. The average Bonchev–Trinajstić information content (AvgIpc) is 3.40. The number of piperazine rings is 1. The molecule has 0 unspecified atom stereocenters. The van der Waals surface area contributed by atoms with Gasteiger partial charge in [-0.05, 0) is 43.2 Å². The zero-order valence-electron chi connectivity index (χ0n) is 15.9. The van der Waals surface area contributed by atoms with Crippen molar-refractivity contribution in [2.75, 3.05) is 50.7 Å². The summed E-state index contributed by atoms with van der Waals surface area (Å²) < 4.78 is 2.18. The van der Waals surface area contributed by atoms with Gasteiger partial charge in [-0.1, -0.05) is 11.6 Å². The molecule has 28 heavy (non-hydrogen) atoms. The third-order valence-corrected chi connectivity index (χ3v) is 6.13. The van der Waals surface area contributed by atoms with Crippen LogP contribution in [-0.4, -0.2) is 70.9 Å². The molecule has 2 aromatic heterocycles. The van der Waals surface area contributed by atoms with Gasteiger partial charge in [0, 0.05) is 50.5 Å². The molecule has 0 atom stereocenters. The molecule has 1 aromatic carbocycles. The lowest BCUT2D eigenvalue weighted by molar-refractivity contribution is -0.131. The molecule has 7 heteroatoms. The van der Waals surface area contributed by atoms with Gasteiger partial charge < -0.3 is 14.2 Å². The molecule has 0 aliphatic carbocycles. The topological polar surface area (TPSA) is 44.1 Å². The average molecular weight is 398 g/mol. The van der Waals surface area contributed by atoms with Crippen molar-refractivity contribution in [2.24, 2.45) is 0 Å². The maximum atomic E-state index is 12.4. The fourth-order valence-electron chi connectivity index (χ4n) is 4.34. The summed E-state index contributed by atoms with van der Waals surface area (Å²) in [5, 5.41) is 0.697. The van der Waals surface area contributed by atoms with Crippen LogP contribution in [0.25, 0.3) is 16.6 Å². The van der Waals surface area contributed by atoms with Gasteiger partial charge in [-0.25, -0.2) is 4.98 Å². The zero-order chi connectivity index (χ0) is 19.1. The molecule has 0 radical (unpaired) electrons. The Morgan fingerprint density at radius 2 is 1.79 bits per heavy atom. The number of likely N-dealkylation sites (tertiary alicyclic amines) is 1. The normalized spacial score (nSPS) is 18.5. The number of anilines is 1. The number of benzene rings is 1. The van der Waals surface area contributed by atoms with Crippen LogP contribution in [0.2, 0.25) is 5.02 Å². The van der Waals surface area contributed by atoms with Crippen molar-refractivity contribution < 1.29 is 4.79 Å². The van der Waals surface area contributed by atoms with Crippen LogP contribution >= 0.6 is 11.6 Å². The van der Waals surface area contributed by atoms with Crippen molar-refractivity contribution in [1.29, 1.82) is 0 Å². The van der Waals surface area contributed by atoms with E-state index in [1.165, 1.54) is 0 Å². The number of amides is 1. The third kappa shape index (κ3) is 3.20. The van der Waals surface area contributed by atoms with Crippen molar-refractivity contribution in [2.45, 2.75) is 12.8 Å². The first-order valence-electron chi connectivity index (χ1n) is 10.0. The number of rotatable bonds is 3. The summed E-state index contributed by atoms with van der Waals surface area (Å²) in [6, 6.07) is 10.0. The van der Waals surface area contributed by atoms with Crippen LogP contribution in [-0.2, 0) is 4.79 Å². The standard InChI is InChI=1S/C21H24ClN5O/c22-16-5-6-18-17(14-16)23-21(19-4-3-9-27(18)19)26-12-10-24(11-13-26)15-20(28)25-7-1-2-8-25/h3-6,9,14H,1-2,7-8,10-13,15H2. The first-order valence-corrected chi connectivity index (χ1v) is 10.4. The Bertz CT molecular complexity index is 1020. The molecule has 0 saturated carbocycles. The van der Waals surface area contributed by atoms with Gasteiger partial charge in [0.1, 0.15) is 0 Å². The fraction of sp³-hybridized carbons (Fsp3) is 0.429. The highest BCUT2D eigenvalue weighted by Crippen LogP contribution is 2.27. The van der Waals surface area contributed by atoms with Crippen molar-refractivity contribution >= 4 is 39.9 Å². The van der Waals surface area contributed by atoms with E-state index in [1.54, 1.807) is 0 Å². The molecule has 2 aliphatic heterocycles. The van der Waals surface area contributed by atoms with Gasteiger partial charge in [-0.2, -0.15) is 0 Å². The minimum Gasteiger partial charge on any atom is -0.352 e. The minimum absolute atomic E-state index is 0.276. The van der Waals surface area contributed by atoms with Crippen molar-refractivity contribution in [3.8, 4) is 0 Å². The highest BCUT2D eigenvalue weighted by molar-refractivity contribution is 6.31. The lowest BCUT2D eigenvalue weighted by atomic mass is 10.2. The van der Waals surface area contributed by atoms with Crippen molar-refractivity contribution in [1.82, 2.24) is 19.2 Å². The summed E-state index contributed by atoms with van der Waals surface area (Å²) in [5.41, 5.74) is 3.07. The van der Waals surface area contributed by atoms with E-state index in [0.29, 0.717) is 11.6 Å². The zero-order valence-corrected chi connectivity index (χ0v) is 16.6. The predicted molar refractivity (Wildman–Crippen MR) is 112 cm³/mol. The van der Waals surface area contributed by atoms with Crippen LogP contribution < -0.4 is 4.90 Å². The van der Waals surface area contributed by atoms with Crippen LogP contribution in [0.4, 0.5) is 5.82 Å². The lowest BCUT2D eigenvalue weighted by Crippen LogP contribution is -2.50. The molecular weight excluding hydrogens is 374 g/mol. The Kier molecular flexibility index (Phi) is 4.61. The highest BCUT2D eigenvalue weighted by atomic mass is 35.5. The summed E-state index contributed by atoms with van der Waals surface area (Å²) in [6.07, 6.45) is 4.36. The van der Waals surface area contributed by atoms with Crippen LogP contribution in [0.15, 0.2) is 36.5 Å². The number of halogens is 1. The minimum atomic E-state index is 0.276. The molecule has 2 aliphatic rings. The van der Waals surface area contributed by atoms with Gasteiger partial charge in [0.15, 0.2) is 5.82 Å². The van der Waals surface area contributed by atoms with E-state index in [0.717, 1.165) is 74.5 Å². The van der Waals surface area contributed by atoms with E-state index < -0.39 is 0 Å². The number of hydrogen-bond donors (Lipinski definition) is 0. The molecule has 2 saturated heterocycles. The number of aromatic nitrogens is 2. The predicted octanol–water partition coefficient (Wildman–Crippen LogP) is 2.89. The van der Waals surface area contributed by atoms with Crippen molar-refractivity contribution in [3.63, 3.8) is 0 Å². The first-order chi connectivity index (χ1) is 13.7. The van der Waals surface area contributed by atoms with E-state index in [-0.39, 0.29) is 5.91 Å². The molecule has 5 rings (SSSR count). The Hall–Kier alpha value is -2.31. The summed E-state index contributed by atoms with van der Waals surface area (Å²) >= 11 is 6.20. The second-order valence-electron chi connectivity index (χ2n) is 7.68. The monoisotopic (exact) mass is 397 g/mol. The third-order valence-electron chi connectivity index (χ3n) is 5.89. The van der Waals surface area contributed by atoms with Crippen LogP contribution in [0.1, 0.15) is 12.8 Å². The Morgan fingerprint density at radius 3 is 2.57 bits per heavy atom. The van der Waals surface area contributed by atoms with Crippen LogP contribution in [0.3, 0.4) is 0 Å². The van der Waals surface area contributed by atoms with Crippen molar-refractivity contribution in [3.05, 3.63) is 41.6 Å². The van der Waals surface area contributed by atoms with Gasteiger partial charge in [0.05, 0.1) is 23.1 Å². The SMILES string of the molecule is O=C(CN1CCN(c2nc3cc(Cl)ccc3n3cccc23)CC1)N1CCCC1. The molecule has 1 amide bonds. The second-order valence-corrected chi connectivity index (χ2v) is 8.12. The second kappa shape index (κ2) is 7.26. The summed E-state index contributed by atoms with van der Waals surface area (Å²) in [4.78, 5) is 24.0. The fourth-order valence-corrected chi connectivity index (χ4v) is 4.51. The Morgan fingerprint density at radius 1 is 1.00 bits per heavy atom. The molecule has 0 spiro atoms. The first kappa shape index (κ1) is 17.8. The van der Waals surface area contributed by atoms with E-state index in [9.17, 15) is 4.79 Å². The largest absolute Gasteiger partial charge is 0.352 e. The molecule has 3 aromatic rings. The number of nitrogens with zero attached hydrogens (tertiary/aromatic N) is 5. The van der Waals surface area contributed by atoms with Crippen LogP contribution in [0.5, 0.6) is 0 Å². The van der Waals surface area contributed by atoms with Gasteiger partial charge in [0.2, 0.25) is 5.91 Å². The number of hydrogen-bond acceptors (Lipinski definition) is 4. The quantitative estimate of drug-likeness (QED) is 0.681. The lowest BCUT2D eigenvalue weighted by Gasteiger charge is -2.36.